The van der Waals surface area contributed by atoms with Crippen molar-refractivity contribution in [3.8, 4) is 17.0 Å². The highest BCUT2D eigenvalue weighted by atomic mass is 19.4. The predicted octanol–water partition coefficient (Wildman–Crippen LogP) is 4.86. The van der Waals surface area contributed by atoms with Crippen LogP contribution < -0.4 is 15.4 Å². The van der Waals surface area contributed by atoms with Gasteiger partial charge in [0.25, 0.3) is 0 Å². The van der Waals surface area contributed by atoms with Crippen LogP contribution in [0, 0.1) is 11.6 Å². The number of aromatic nitrogens is 2. The van der Waals surface area contributed by atoms with Crippen LogP contribution in [-0.4, -0.2) is 34.1 Å². The largest absolute Gasteiger partial charge is 0.573 e. The number of alkyl halides is 3. The summed E-state index contributed by atoms with van der Waals surface area (Å²) in [5, 5.41) is 14.9. The van der Waals surface area contributed by atoms with Crippen molar-refractivity contribution in [2.75, 3.05) is 17.2 Å². The number of aliphatic hydroxyl groups is 1. The molecule has 0 unspecified atom stereocenters. The fourth-order valence-electron chi connectivity index (χ4n) is 2.56. The molecule has 1 atom stereocenters. The number of benzene rings is 2. The van der Waals surface area contributed by atoms with Gasteiger partial charge in [-0.1, -0.05) is 12.1 Å². The third kappa shape index (κ3) is 6.25. The van der Waals surface area contributed by atoms with Crippen molar-refractivity contribution in [3.05, 3.63) is 60.2 Å². The maximum absolute atomic E-state index is 13.5. The molecule has 11 heteroatoms. The molecular weight excluding hydrogens is 423 g/mol. The quantitative estimate of drug-likeness (QED) is 0.456. The first kappa shape index (κ1) is 22.2. The molecule has 3 aromatic rings. The molecule has 0 bridgehead atoms. The first-order chi connectivity index (χ1) is 14.6. The molecule has 0 radical (unpaired) electrons. The Balaban J connectivity index is 1.99. The van der Waals surface area contributed by atoms with Crippen molar-refractivity contribution in [1.29, 1.82) is 0 Å². The second-order valence-electron chi connectivity index (χ2n) is 6.52. The van der Waals surface area contributed by atoms with Crippen molar-refractivity contribution in [1.82, 2.24) is 9.97 Å². The van der Waals surface area contributed by atoms with Gasteiger partial charge in [-0.15, -0.1) is 13.2 Å². The number of hydrogen-bond donors (Lipinski definition) is 3. The van der Waals surface area contributed by atoms with Crippen LogP contribution in [0.3, 0.4) is 0 Å². The van der Waals surface area contributed by atoms with Gasteiger partial charge >= 0.3 is 6.36 Å². The zero-order valence-corrected chi connectivity index (χ0v) is 16.0. The Bertz CT molecular complexity index is 1060. The molecule has 164 valence electrons. The van der Waals surface area contributed by atoms with E-state index in [1.54, 1.807) is 6.92 Å². The summed E-state index contributed by atoms with van der Waals surface area (Å²) in [5.41, 5.74) is 0.705. The number of rotatable bonds is 7. The summed E-state index contributed by atoms with van der Waals surface area (Å²) in [6.45, 7) is 1.44. The molecule has 3 N–H and O–H groups in total. The molecule has 1 heterocycles. The van der Waals surface area contributed by atoms with E-state index in [-0.39, 0.29) is 35.3 Å². The average Bonchev–Trinajstić information content (AvgIpc) is 2.69. The van der Waals surface area contributed by atoms with E-state index in [9.17, 15) is 27.1 Å². The fourth-order valence-corrected chi connectivity index (χ4v) is 2.56. The molecule has 3 rings (SSSR count). The zero-order chi connectivity index (χ0) is 22.6. The molecule has 2 aromatic carbocycles. The molecule has 0 aliphatic carbocycles. The first-order valence-corrected chi connectivity index (χ1v) is 8.97. The number of nitrogens with one attached hydrogen (secondary N) is 2. The minimum absolute atomic E-state index is 0.0614. The summed E-state index contributed by atoms with van der Waals surface area (Å²) in [4.78, 5) is 8.46. The van der Waals surface area contributed by atoms with Gasteiger partial charge in [0.15, 0.2) is 11.6 Å². The molecule has 1 aromatic heterocycles. The van der Waals surface area contributed by atoms with E-state index in [0.29, 0.717) is 0 Å². The number of ether oxygens (including phenoxy) is 1. The van der Waals surface area contributed by atoms with Crippen LogP contribution in [0.2, 0.25) is 0 Å². The summed E-state index contributed by atoms with van der Waals surface area (Å²) in [6, 6.07) is 9.33. The summed E-state index contributed by atoms with van der Waals surface area (Å²) in [5.74, 6) is -2.30. The minimum atomic E-state index is -4.85. The van der Waals surface area contributed by atoms with Crippen LogP contribution in [-0.2, 0) is 0 Å². The molecule has 0 spiro atoms. The molecule has 31 heavy (non-hydrogen) atoms. The SMILES string of the molecule is C[C@@H](CO)Nc1nc(Nc2ccc(F)c(F)c2)cc(-c2cccc(OC(F)(F)F)c2)n1. The smallest absolute Gasteiger partial charge is 0.406 e. The maximum atomic E-state index is 13.5. The van der Waals surface area contributed by atoms with Crippen LogP contribution in [0.4, 0.5) is 39.4 Å². The monoisotopic (exact) mass is 440 g/mol. The van der Waals surface area contributed by atoms with Crippen LogP contribution >= 0.6 is 0 Å². The zero-order valence-electron chi connectivity index (χ0n) is 16.0. The standard InChI is InChI=1S/C20H17F5N4O2/c1-11(10-30)26-19-28-17(12-3-2-4-14(7-12)31-20(23,24)25)9-18(29-19)27-13-5-6-15(21)16(22)8-13/h2-9,11,30H,10H2,1H3,(H2,26,27,28,29)/t11-/m0/s1. The van der Waals surface area contributed by atoms with Crippen molar-refractivity contribution in [2.45, 2.75) is 19.3 Å². The van der Waals surface area contributed by atoms with Gasteiger partial charge < -0.3 is 20.5 Å². The van der Waals surface area contributed by atoms with Gasteiger partial charge in [0.2, 0.25) is 5.95 Å². The highest BCUT2D eigenvalue weighted by Crippen LogP contribution is 2.29. The van der Waals surface area contributed by atoms with Crippen LogP contribution in [0.25, 0.3) is 11.3 Å². The van der Waals surface area contributed by atoms with Crippen LogP contribution in [0.15, 0.2) is 48.5 Å². The lowest BCUT2D eigenvalue weighted by Crippen LogP contribution is -2.21. The van der Waals surface area contributed by atoms with Crippen molar-refractivity contribution in [2.24, 2.45) is 0 Å². The van der Waals surface area contributed by atoms with Crippen LogP contribution in [0.1, 0.15) is 6.92 Å². The summed E-state index contributed by atoms with van der Waals surface area (Å²) in [6.07, 6.45) is -4.85. The van der Waals surface area contributed by atoms with Gasteiger partial charge in [-0.05, 0) is 31.2 Å². The second kappa shape index (κ2) is 9.13. The summed E-state index contributed by atoms with van der Waals surface area (Å²) < 4.78 is 68.2. The van der Waals surface area contributed by atoms with Crippen LogP contribution in [0.5, 0.6) is 5.75 Å². The molecule has 0 saturated carbocycles. The van der Waals surface area contributed by atoms with E-state index < -0.39 is 29.8 Å². The summed E-state index contributed by atoms with van der Waals surface area (Å²) >= 11 is 0. The molecule has 0 fully saturated rings. The Kier molecular flexibility index (Phi) is 6.54. The summed E-state index contributed by atoms with van der Waals surface area (Å²) in [7, 11) is 0. The molecule has 0 aliphatic heterocycles. The first-order valence-electron chi connectivity index (χ1n) is 8.97. The highest BCUT2D eigenvalue weighted by Gasteiger charge is 2.31. The molecular formula is C20H17F5N4O2. The third-order valence-electron chi connectivity index (χ3n) is 3.93. The molecule has 0 saturated heterocycles. The Morgan fingerprint density at radius 1 is 1.03 bits per heavy atom. The predicted molar refractivity (Wildman–Crippen MR) is 104 cm³/mol. The topological polar surface area (TPSA) is 79.3 Å². The number of aliphatic hydroxyl groups excluding tert-OH is 1. The lowest BCUT2D eigenvalue weighted by Gasteiger charge is -2.15. The van der Waals surface area contributed by atoms with Gasteiger partial charge in [-0.2, -0.15) is 4.98 Å². The molecule has 0 amide bonds. The number of anilines is 3. The van der Waals surface area contributed by atoms with Crippen molar-refractivity contribution >= 4 is 17.5 Å². The van der Waals surface area contributed by atoms with E-state index in [0.717, 1.165) is 24.3 Å². The second-order valence-corrected chi connectivity index (χ2v) is 6.52. The normalized spacial score (nSPS) is 12.4. The number of hydrogen-bond acceptors (Lipinski definition) is 6. The van der Waals surface area contributed by atoms with E-state index in [2.05, 4.69) is 25.3 Å². The van der Waals surface area contributed by atoms with Gasteiger partial charge in [-0.25, -0.2) is 13.8 Å². The molecule has 0 aliphatic rings. The Morgan fingerprint density at radius 2 is 1.81 bits per heavy atom. The van der Waals surface area contributed by atoms with E-state index in [1.165, 1.54) is 24.3 Å². The van der Waals surface area contributed by atoms with Gasteiger partial charge in [0, 0.05) is 29.4 Å². The van der Waals surface area contributed by atoms with E-state index in [1.807, 2.05) is 0 Å². The Morgan fingerprint density at radius 3 is 2.48 bits per heavy atom. The van der Waals surface area contributed by atoms with E-state index in [4.69, 9.17) is 0 Å². The molecule has 6 nitrogen and oxygen atoms in total. The fraction of sp³-hybridized carbons (Fsp3) is 0.200. The lowest BCUT2D eigenvalue weighted by molar-refractivity contribution is -0.274. The average molecular weight is 440 g/mol. The lowest BCUT2D eigenvalue weighted by atomic mass is 10.1. The van der Waals surface area contributed by atoms with Crippen molar-refractivity contribution < 1.29 is 31.8 Å². The Labute approximate surface area is 173 Å². The van der Waals surface area contributed by atoms with Gasteiger partial charge in [0.05, 0.1) is 12.3 Å². The maximum Gasteiger partial charge on any atom is 0.573 e. The van der Waals surface area contributed by atoms with Gasteiger partial charge in [-0.3, -0.25) is 0 Å². The highest BCUT2D eigenvalue weighted by molar-refractivity contribution is 5.68. The van der Waals surface area contributed by atoms with Crippen molar-refractivity contribution in [3.63, 3.8) is 0 Å². The third-order valence-corrected chi connectivity index (χ3v) is 3.93. The minimum Gasteiger partial charge on any atom is -0.406 e. The number of halogens is 5. The van der Waals surface area contributed by atoms with E-state index >= 15 is 0 Å². The Hall–Kier alpha value is -3.47. The number of nitrogens with zero attached hydrogens (tertiary/aromatic N) is 2. The van der Waals surface area contributed by atoms with Gasteiger partial charge in [0.1, 0.15) is 11.6 Å².